The van der Waals surface area contributed by atoms with E-state index in [1.165, 1.54) is 12.1 Å². The van der Waals surface area contributed by atoms with Gasteiger partial charge in [0.25, 0.3) is 0 Å². The summed E-state index contributed by atoms with van der Waals surface area (Å²) < 4.78 is 55.7. The largest absolute Gasteiger partial charge is 0.493 e. The third-order valence-corrected chi connectivity index (χ3v) is 5.33. The topological polar surface area (TPSA) is 90.7 Å². The summed E-state index contributed by atoms with van der Waals surface area (Å²) in [7, 11) is 0. The molecule has 200 valence electrons. The number of ether oxygens (including phenoxy) is 2. The van der Waals surface area contributed by atoms with E-state index in [-0.39, 0.29) is 36.4 Å². The van der Waals surface area contributed by atoms with Crippen molar-refractivity contribution in [3.63, 3.8) is 0 Å². The highest BCUT2D eigenvalue weighted by Gasteiger charge is 2.37. The first-order valence-electron chi connectivity index (χ1n) is 12.1. The molecule has 3 aromatic rings. The lowest BCUT2D eigenvalue weighted by atomic mass is 10.0. The van der Waals surface area contributed by atoms with E-state index in [2.05, 4.69) is 10.5 Å². The number of amides is 1. The van der Waals surface area contributed by atoms with Gasteiger partial charge in [0, 0.05) is 18.5 Å². The van der Waals surface area contributed by atoms with Gasteiger partial charge in [-0.25, -0.2) is 4.79 Å². The third kappa shape index (κ3) is 7.71. The molecular formula is C27H31F3N2O5. The van der Waals surface area contributed by atoms with Crippen molar-refractivity contribution in [3.05, 3.63) is 58.8 Å². The van der Waals surface area contributed by atoms with Gasteiger partial charge < -0.3 is 19.3 Å². The van der Waals surface area contributed by atoms with E-state index in [4.69, 9.17) is 14.0 Å². The van der Waals surface area contributed by atoms with Gasteiger partial charge >= 0.3 is 12.1 Å². The Kier molecular flexibility index (Phi) is 8.83. The Labute approximate surface area is 213 Å². The van der Waals surface area contributed by atoms with Crippen LogP contribution in [-0.4, -0.2) is 29.2 Å². The lowest BCUT2D eigenvalue weighted by molar-refractivity contribution is -0.141. The zero-order chi connectivity index (χ0) is 27.2. The van der Waals surface area contributed by atoms with Gasteiger partial charge in [-0.2, -0.15) is 13.2 Å². The van der Waals surface area contributed by atoms with Crippen molar-refractivity contribution in [2.45, 2.75) is 71.7 Å². The SMILES string of the molecule is CCCc1c(OCCCC(=O)NCc2cccc(C(=O)OC(C)(C)C)c2)ccc2c(C(F)(F)F)noc12. The van der Waals surface area contributed by atoms with Crippen molar-refractivity contribution >= 4 is 22.8 Å². The second-order valence-corrected chi connectivity index (χ2v) is 9.63. The fourth-order valence-corrected chi connectivity index (χ4v) is 3.72. The zero-order valence-corrected chi connectivity index (χ0v) is 21.3. The zero-order valence-electron chi connectivity index (χ0n) is 21.3. The van der Waals surface area contributed by atoms with Gasteiger partial charge in [-0.05, 0) is 63.4 Å². The van der Waals surface area contributed by atoms with E-state index in [0.717, 1.165) is 5.56 Å². The number of aromatic nitrogens is 1. The van der Waals surface area contributed by atoms with Gasteiger partial charge in [-0.3, -0.25) is 4.79 Å². The quantitative estimate of drug-likeness (QED) is 0.252. The van der Waals surface area contributed by atoms with Gasteiger partial charge in [0.1, 0.15) is 11.4 Å². The summed E-state index contributed by atoms with van der Waals surface area (Å²) in [6, 6.07) is 9.64. The van der Waals surface area contributed by atoms with Crippen LogP contribution in [0.2, 0.25) is 0 Å². The minimum absolute atomic E-state index is 0.0676. The number of halogens is 3. The number of esters is 1. The van der Waals surface area contributed by atoms with Crippen LogP contribution in [-0.2, 0) is 28.7 Å². The minimum Gasteiger partial charge on any atom is -0.493 e. The number of fused-ring (bicyclic) bond motifs is 1. The molecule has 1 heterocycles. The van der Waals surface area contributed by atoms with Crippen LogP contribution in [0.5, 0.6) is 5.75 Å². The summed E-state index contributed by atoms with van der Waals surface area (Å²) in [6.45, 7) is 7.72. The fourth-order valence-electron chi connectivity index (χ4n) is 3.72. The molecule has 0 aliphatic carbocycles. The molecular weight excluding hydrogens is 489 g/mol. The molecule has 7 nitrogen and oxygen atoms in total. The second kappa shape index (κ2) is 11.7. The summed E-state index contributed by atoms with van der Waals surface area (Å²) >= 11 is 0. The maximum Gasteiger partial charge on any atom is 0.437 e. The van der Waals surface area contributed by atoms with E-state index in [1.807, 2.05) is 6.92 Å². The normalized spacial score (nSPS) is 12.0. The monoisotopic (exact) mass is 520 g/mol. The average Bonchev–Trinajstić information content (AvgIpc) is 3.26. The molecule has 0 bridgehead atoms. The minimum atomic E-state index is -4.61. The number of carbonyl (C=O) groups excluding carboxylic acids is 2. The number of aryl methyl sites for hydroxylation is 1. The van der Waals surface area contributed by atoms with Crippen LogP contribution in [0.4, 0.5) is 13.2 Å². The lowest BCUT2D eigenvalue weighted by Crippen LogP contribution is -2.25. The van der Waals surface area contributed by atoms with Gasteiger partial charge in [0.05, 0.1) is 17.6 Å². The Hall–Kier alpha value is -3.56. The summed E-state index contributed by atoms with van der Waals surface area (Å²) in [6.07, 6.45) is -2.88. The molecule has 3 rings (SSSR count). The Balaban J connectivity index is 1.52. The Morgan fingerprint density at radius 2 is 1.86 bits per heavy atom. The number of nitrogens with one attached hydrogen (secondary N) is 1. The first-order chi connectivity index (χ1) is 17.4. The van der Waals surface area contributed by atoms with Crippen LogP contribution in [0.3, 0.4) is 0 Å². The molecule has 0 radical (unpaired) electrons. The van der Waals surface area contributed by atoms with Crippen molar-refractivity contribution < 1.29 is 36.8 Å². The van der Waals surface area contributed by atoms with Crippen LogP contribution in [0.25, 0.3) is 11.0 Å². The molecule has 1 amide bonds. The number of hydrogen-bond donors (Lipinski definition) is 1. The molecule has 0 saturated carbocycles. The van der Waals surface area contributed by atoms with Crippen molar-refractivity contribution in [2.24, 2.45) is 0 Å². The van der Waals surface area contributed by atoms with Gasteiger partial charge in [-0.1, -0.05) is 30.6 Å². The standard InChI is InChI=1S/C27H31F3N2O5/c1-5-8-19-21(13-12-20-23(19)37-32-24(20)27(28,29)30)35-14-7-11-22(33)31-16-17-9-6-10-18(15-17)25(34)36-26(2,3)4/h6,9-10,12-13,15H,5,7-8,11,14,16H2,1-4H3,(H,31,33). The average molecular weight is 521 g/mol. The molecule has 1 N–H and O–H groups in total. The summed E-state index contributed by atoms with van der Waals surface area (Å²) in [4.78, 5) is 24.5. The van der Waals surface area contributed by atoms with E-state index in [0.29, 0.717) is 36.1 Å². The molecule has 0 fully saturated rings. The molecule has 37 heavy (non-hydrogen) atoms. The van der Waals surface area contributed by atoms with Crippen LogP contribution in [0.15, 0.2) is 40.9 Å². The Morgan fingerprint density at radius 1 is 1.11 bits per heavy atom. The van der Waals surface area contributed by atoms with E-state index >= 15 is 0 Å². The predicted molar refractivity (Wildman–Crippen MR) is 131 cm³/mol. The molecule has 0 atom stereocenters. The van der Waals surface area contributed by atoms with Crippen LogP contribution >= 0.6 is 0 Å². The molecule has 0 aliphatic rings. The summed E-state index contributed by atoms with van der Waals surface area (Å²) in [5.41, 5.74) is 0.0997. The summed E-state index contributed by atoms with van der Waals surface area (Å²) in [5, 5.41) is 5.92. The fraction of sp³-hybridized carbons (Fsp3) is 0.444. The Bertz CT molecular complexity index is 1250. The first-order valence-corrected chi connectivity index (χ1v) is 12.1. The lowest BCUT2D eigenvalue weighted by Gasteiger charge is -2.19. The highest BCUT2D eigenvalue weighted by molar-refractivity contribution is 5.90. The number of benzene rings is 2. The first kappa shape index (κ1) is 28.0. The van der Waals surface area contributed by atoms with Crippen molar-refractivity contribution in [1.82, 2.24) is 10.5 Å². The maximum atomic E-state index is 13.2. The smallest absolute Gasteiger partial charge is 0.437 e. The number of carbonyl (C=O) groups is 2. The summed E-state index contributed by atoms with van der Waals surface area (Å²) in [5.74, 6) is -0.211. The number of nitrogens with zero attached hydrogens (tertiary/aromatic N) is 1. The second-order valence-electron chi connectivity index (χ2n) is 9.63. The molecule has 2 aromatic carbocycles. The predicted octanol–water partition coefficient (Wildman–Crippen LogP) is 6.23. The number of rotatable bonds is 10. The van der Waals surface area contributed by atoms with Gasteiger partial charge in [-0.15, -0.1) is 0 Å². The van der Waals surface area contributed by atoms with E-state index in [9.17, 15) is 22.8 Å². The number of hydrogen-bond acceptors (Lipinski definition) is 6. The van der Waals surface area contributed by atoms with E-state index < -0.39 is 23.4 Å². The molecule has 0 saturated heterocycles. The third-order valence-electron chi connectivity index (χ3n) is 5.33. The Morgan fingerprint density at radius 3 is 2.54 bits per heavy atom. The van der Waals surface area contributed by atoms with Crippen LogP contribution in [0, 0.1) is 0 Å². The molecule has 1 aromatic heterocycles. The van der Waals surface area contributed by atoms with Crippen molar-refractivity contribution in [3.8, 4) is 5.75 Å². The number of alkyl halides is 3. The molecule has 10 heteroatoms. The maximum absolute atomic E-state index is 13.2. The molecule has 0 unspecified atom stereocenters. The van der Waals surface area contributed by atoms with Crippen molar-refractivity contribution in [1.29, 1.82) is 0 Å². The van der Waals surface area contributed by atoms with Gasteiger partial charge in [0.15, 0.2) is 11.3 Å². The van der Waals surface area contributed by atoms with Crippen LogP contribution < -0.4 is 10.1 Å². The highest BCUT2D eigenvalue weighted by Crippen LogP contribution is 2.38. The van der Waals surface area contributed by atoms with E-state index in [1.54, 1.807) is 45.0 Å². The molecule has 0 aliphatic heterocycles. The van der Waals surface area contributed by atoms with Gasteiger partial charge in [0.2, 0.25) is 5.91 Å². The molecule has 0 spiro atoms. The van der Waals surface area contributed by atoms with Crippen LogP contribution in [0.1, 0.15) is 74.1 Å². The van der Waals surface area contributed by atoms with Crippen molar-refractivity contribution in [2.75, 3.05) is 6.61 Å². The highest BCUT2D eigenvalue weighted by atomic mass is 19.4.